The van der Waals surface area contributed by atoms with E-state index in [0.717, 1.165) is 21.6 Å². The van der Waals surface area contributed by atoms with Gasteiger partial charge < -0.3 is 0 Å². The average Bonchev–Trinajstić information content (AvgIpc) is 2.93. The second-order valence-corrected chi connectivity index (χ2v) is 4.69. The standard InChI is InChI=1S/C11H7N3OS/c15-10-8-5-7-1-4-16-11(7)14(8)6-9-12-2-3-13(9)10/h1-2,4-6H,3H2. The summed E-state index contributed by atoms with van der Waals surface area (Å²) in [4.78, 5) is 17.5. The monoisotopic (exact) mass is 229 g/mol. The van der Waals surface area contributed by atoms with E-state index in [0.29, 0.717) is 6.54 Å². The molecule has 4 nitrogen and oxygen atoms in total. The Bertz CT molecular complexity index is 806. The Balaban J connectivity index is 2.33. The van der Waals surface area contributed by atoms with Gasteiger partial charge in [0.1, 0.15) is 10.3 Å². The molecule has 1 aliphatic heterocycles. The molecule has 4 heterocycles. The predicted octanol–water partition coefficient (Wildman–Crippen LogP) is 2.03. The van der Waals surface area contributed by atoms with Crippen LogP contribution in [0.25, 0.3) is 15.7 Å². The fourth-order valence-electron chi connectivity index (χ4n) is 2.16. The summed E-state index contributed by atoms with van der Waals surface area (Å²) < 4.78 is 3.63. The number of hydrogen-bond donors (Lipinski definition) is 0. The maximum Gasteiger partial charge on any atom is 0.276 e. The lowest BCUT2D eigenvalue weighted by atomic mass is 10.4. The Morgan fingerprint density at radius 2 is 2.38 bits per heavy atom. The average molecular weight is 229 g/mol. The second kappa shape index (κ2) is 2.62. The van der Waals surface area contributed by atoms with Crippen molar-refractivity contribution in [3.8, 4) is 0 Å². The molecular weight excluding hydrogens is 222 g/mol. The topological polar surface area (TPSA) is 38.8 Å². The molecule has 0 atom stereocenters. The van der Waals surface area contributed by atoms with E-state index in [1.165, 1.54) is 0 Å². The first-order valence-electron chi connectivity index (χ1n) is 4.99. The number of rotatable bonds is 0. The smallest absolute Gasteiger partial charge is 0.276 e. The van der Waals surface area contributed by atoms with Crippen molar-refractivity contribution in [3.63, 3.8) is 0 Å². The molecule has 0 unspecified atom stereocenters. The highest BCUT2D eigenvalue weighted by Gasteiger charge is 2.14. The molecule has 4 rings (SSSR count). The maximum atomic E-state index is 12.2. The van der Waals surface area contributed by atoms with Crippen LogP contribution >= 0.6 is 11.3 Å². The van der Waals surface area contributed by atoms with Crippen molar-refractivity contribution < 1.29 is 0 Å². The molecule has 5 heteroatoms. The van der Waals surface area contributed by atoms with E-state index >= 15 is 0 Å². The zero-order chi connectivity index (χ0) is 10.7. The van der Waals surface area contributed by atoms with Crippen LogP contribution in [0.4, 0.5) is 5.82 Å². The number of fused-ring (bicyclic) bond motifs is 4. The van der Waals surface area contributed by atoms with Crippen LogP contribution in [-0.2, 0) is 6.54 Å². The molecule has 3 aromatic heterocycles. The lowest BCUT2D eigenvalue weighted by molar-refractivity contribution is 0.841. The normalized spacial score (nSPS) is 14.0. The third kappa shape index (κ3) is 0.845. The van der Waals surface area contributed by atoms with E-state index in [1.54, 1.807) is 22.1 Å². The van der Waals surface area contributed by atoms with Gasteiger partial charge in [-0.05, 0) is 17.5 Å². The van der Waals surface area contributed by atoms with E-state index in [1.807, 2.05) is 28.1 Å². The van der Waals surface area contributed by atoms with Gasteiger partial charge in [0.25, 0.3) is 5.56 Å². The zero-order valence-corrected chi connectivity index (χ0v) is 9.07. The van der Waals surface area contributed by atoms with Gasteiger partial charge in [0.05, 0.1) is 12.7 Å². The van der Waals surface area contributed by atoms with E-state index < -0.39 is 0 Å². The Morgan fingerprint density at radius 3 is 3.31 bits per heavy atom. The van der Waals surface area contributed by atoms with Crippen molar-refractivity contribution >= 4 is 39.1 Å². The first kappa shape index (κ1) is 8.29. The first-order valence-corrected chi connectivity index (χ1v) is 5.87. The molecule has 3 aromatic rings. The molecule has 0 amide bonds. The van der Waals surface area contributed by atoms with Crippen molar-refractivity contribution in [2.24, 2.45) is 4.99 Å². The van der Waals surface area contributed by atoms with Crippen LogP contribution in [0.5, 0.6) is 0 Å². The molecule has 0 bridgehead atoms. The molecule has 0 spiro atoms. The second-order valence-electron chi connectivity index (χ2n) is 3.80. The van der Waals surface area contributed by atoms with Crippen molar-refractivity contribution in [1.82, 2.24) is 8.97 Å². The molecule has 0 saturated carbocycles. The molecule has 0 aromatic carbocycles. The van der Waals surface area contributed by atoms with E-state index in [-0.39, 0.29) is 5.56 Å². The van der Waals surface area contributed by atoms with Gasteiger partial charge in [-0.25, -0.2) is 4.99 Å². The van der Waals surface area contributed by atoms with Gasteiger partial charge in [-0.3, -0.25) is 13.8 Å². The summed E-state index contributed by atoms with van der Waals surface area (Å²) in [5.74, 6) is 0.739. The summed E-state index contributed by atoms with van der Waals surface area (Å²) >= 11 is 1.64. The summed E-state index contributed by atoms with van der Waals surface area (Å²) in [5, 5.41) is 3.15. The predicted molar refractivity (Wildman–Crippen MR) is 65.2 cm³/mol. The highest BCUT2D eigenvalue weighted by Crippen LogP contribution is 2.26. The Morgan fingerprint density at radius 1 is 1.44 bits per heavy atom. The number of hydrogen-bond acceptors (Lipinski definition) is 3. The molecule has 16 heavy (non-hydrogen) atoms. The van der Waals surface area contributed by atoms with Gasteiger partial charge in [-0.2, -0.15) is 0 Å². The van der Waals surface area contributed by atoms with Crippen LogP contribution < -0.4 is 5.56 Å². The van der Waals surface area contributed by atoms with Crippen LogP contribution in [0, 0.1) is 0 Å². The fourth-order valence-corrected chi connectivity index (χ4v) is 3.03. The minimum atomic E-state index is 0.0402. The fraction of sp³-hybridized carbons (Fsp3) is 0.0909. The van der Waals surface area contributed by atoms with Crippen molar-refractivity contribution in [3.05, 3.63) is 34.1 Å². The van der Waals surface area contributed by atoms with Crippen LogP contribution in [0.15, 0.2) is 33.5 Å². The number of thiophene rings is 1. The Labute approximate surface area is 94.1 Å². The van der Waals surface area contributed by atoms with Crippen LogP contribution in [0.2, 0.25) is 0 Å². The Hall–Kier alpha value is -1.88. The molecule has 1 aliphatic rings. The van der Waals surface area contributed by atoms with Crippen LogP contribution in [-0.4, -0.2) is 15.2 Å². The molecular formula is C11H7N3OS. The van der Waals surface area contributed by atoms with Crippen molar-refractivity contribution in [2.75, 3.05) is 0 Å². The van der Waals surface area contributed by atoms with Crippen molar-refractivity contribution in [1.29, 1.82) is 0 Å². The maximum absolute atomic E-state index is 12.2. The minimum Gasteiger partial charge on any atom is -0.299 e. The highest BCUT2D eigenvalue weighted by atomic mass is 32.1. The zero-order valence-electron chi connectivity index (χ0n) is 8.25. The summed E-state index contributed by atoms with van der Waals surface area (Å²) in [7, 11) is 0. The quantitative estimate of drug-likeness (QED) is 0.581. The van der Waals surface area contributed by atoms with Gasteiger partial charge in [0.15, 0.2) is 5.82 Å². The molecule has 0 radical (unpaired) electrons. The van der Waals surface area contributed by atoms with Crippen LogP contribution in [0.1, 0.15) is 0 Å². The summed E-state index contributed by atoms with van der Waals surface area (Å²) in [6.45, 7) is 0.587. The lowest BCUT2D eigenvalue weighted by Crippen LogP contribution is -2.19. The summed E-state index contributed by atoms with van der Waals surface area (Å²) in [6, 6.07) is 3.98. The van der Waals surface area contributed by atoms with E-state index in [2.05, 4.69) is 4.99 Å². The van der Waals surface area contributed by atoms with Gasteiger partial charge in [0.2, 0.25) is 0 Å². The highest BCUT2D eigenvalue weighted by molar-refractivity contribution is 7.16. The summed E-state index contributed by atoms with van der Waals surface area (Å²) in [6.07, 6.45) is 3.70. The number of nitrogens with zero attached hydrogens (tertiary/aromatic N) is 3. The summed E-state index contributed by atoms with van der Waals surface area (Å²) in [5.41, 5.74) is 0.773. The third-order valence-corrected chi connectivity index (χ3v) is 3.85. The minimum absolute atomic E-state index is 0.0402. The van der Waals surface area contributed by atoms with Gasteiger partial charge in [0, 0.05) is 11.6 Å². The van der Waals surface area contributed by atoms with Crippen molar-refractivity contribution in [2.45, 2.75) is 6.54 Å². The first-order chi connectivity index (χ1) is 7.84. The van der Waals surface area contributed by atoms with Gasteiger partial charge >= 0.3 is 0 Å². The molecule has 0 N–H and O–H groups in total. The third-order valence-electron chi connectivity index (χ3n) is 2.92. The van der Waals surface area contributed by atoms with Gasteiger partial charge in [-0.1, -0.05) is 0 Å². The number of aromatic nitrogens is 2. The molecule has 0 fully saturated rings. The molecule has 78 valence electrons. The lowest BCUT2D eigenvalue weighted by Gasteiger charge is -2.02. The van der Waals surface area contributed by atoms with Crippen LogP contribution in [0.3, 0.4) is 0 Å². The number of aliphatic imine (C=N–C) groups is 1. The molecule has 0 saturated heterocycles. The SMILES string of the molecule is O=c1c2cc3ccsc3n2cc2n1CC=N2. The van der Waals surface area contributed by atoms with Gasteiger partial charge in [-0.15, -0.1) is 11.3 Å². The van der Waals surface area contributed by atoms with E-state index in [9.17, 15) is 4.79 Å². The molecule has 0 aliphatic carbocycles. The van der Waals surface area contributed by atoms with E-state index in [4.69, 9.17) is 0 Å². The Kier molecular flexibility index (Phi) is 1.36. The largest absolute Gasteiger partial charge is 0.299 e.